The minimum atomic E-state index is -1.80. The first kappa shape index (κ1) is 12.9. The van der Waals surface area contributed by atoms with E-state index in [0.29, 0.717) is 5.82 Å². The van der Waals surface area contributed by atoms with Gasteiger partial charge in [-0.3, -0.25) is 0 Å². The van der Waals surface area contributed by atoms with Gasteiger partial charge in [0.2, 0.25) is 0 Å². The van der Waals surface area contributed by atoms with Crippen LogP contribution in [0.1, 0.15) is 12.5 Å². The molecule has 1 aromatic heterocycles. The van der Waals surface area contributed by atoms with Crippen molar-refractivity contribution in [1.82, 2.24) is 4.98 Å². The van der Waals surface area contributed by atoms with E-state index in [2.05, 4.69) is 26.2 Å². The molecule has 0 fully saturated rings. The lowest BCUT2D eigenvalue weighted by atomic mass is 10.1. The van der Waals surface area contributed by atoms with Gasteiger partial charge in [0.1, 0.15) is 5.82 Å². The zero-order valence-corrected chi connectivity index (χ0v) is 10.6. The highest BCUT2D eigenvalue weighted by molar-refractivity contribution is 9.10. The Labute approximate surface area is 102 Å². The Bertz CT molecular complexity index is 407. The summed E-state index contributed by atoms with van der Waals surface area (Å²) in [6.07, 6.45) is 1.60. The number of carbonyl (C=O) groups is 1. The number of anilines is 1. The number of hydrogen-bond donors (Lipinski definition) is 3. The standard InChI is InChI=1S/C10H13BrN2O3/c1-6-3-7(11)4-12-8(6)13-5-10(2,16)9(14)15/h3-4,16H,5H2,1-2H3,(H,12,13)(H,14,15). The predicted octanol–water partition coefficient (Wildman–Crippen LogP) is 1.40. The number of rotatable bonds is 4. The van der Waals surface area contributed by atoms with Crippen molar-refractivity contribution in [3.63, 3.8) is 0 Å². The molecule has 3 N–H and O–H groups in total. The van der Waals surface area contributed by atoms with Crippen LogP contribution in [-0.2, 0) is 4.79 Å². The molecule has 88 valence electrons. The molecule has 0 amide bonds. The fourth-order valence-corrected chi connectivity index (χ4v) is 1.50. The molecule has 0 aliphatic rings. The zero-order valence-electron chi connectivity index (χ0n) is 8.99. The Morgan fingerprint density at radius 2 is 2.31 bits per heavy atom. The largest absolute Gasteiger partial charge is 0.479 e. The molecule has 0 spiro atoms. The van der Waals surface area contributed by atoms with E-state index in [1.165, 1.54) is 6.92 Å². The lowest BCUT2D eigenvalue weighted by molar-refractivity contribution is -0.155. The van der Waals surface area contributed by atoms with Gasteiger partial charge in [-0.15, -0.1) is 0 Å². The summed E-state index contributed by atoms with van der Waals surface area (Å²) in [5.74, 6) is -0.709. The van der Waals surface area contributed by atoms with E-state index in [0.717, 1.165) is 10.0 Å². The topological polar surface area (TPSA) is 82.5 Å². The summed E-state index contributed by atoms with van der Waals surface area (Å²) in [7, 11) is 0. The number of carboxylic acids is 1. The van der Waals surface area contributed by atoms with Gasteiger partial charge in [-0.05, 0) is 41.4 Å². The number of aryl methyl sites for hydroxylation is 1. The minimum Gasteiger partial charge on any atom is -0.479 e. The molecule has 16 heavy (non-hydrogen) atoms. The second-order valence-corrected chi connectivity index (χ2v) is 4.67. The molecule has 1 heterocycles. The zero-order chi connectivity index (χ0) is 12.3. The quantitative estimate of drug-likeness (QED) is 0.780. The summed E-state index contributed by atoms with van der Waals surface area (Å²) in [6, 6.07) is 1.85. The number of hydrogen-bond acceptors (Lipinski definition) is 4. The van der Waals surface area contributed by atoms with Gasteiger partial charge in [-0.25, -0.2) is 9.78 Å². The molecular weight excluding hydrogens is 276 g/mol. The second-order valence-electron chi connectivity index (χ2n) is 3.75. The van der Waals surface area contributed by atoms with Crippen LogP contribution >= 0.6 is 15.9 Å². The summed E-state index contributed by atoms with van der Waals surface area (Å²) in [5, 5.41) is 21.0. The molecule has 0 saturated heterocycles. The molecule has 1 rings (SSSR count). The Morgan fingerprint density at radius 1 is 1.69 bits per heavy atom. The molecular formula is C10H13BrN2O3. The van der Waals surface area contributed by atoms with Crippen molar-refractivity contribution in [1.29, 1.82) is 0 Å². The van der Waals surface area contributed by atoms with Gasteiger partial charge in [-0.2, -0.15) is 0 Å². The number of nitrogens with one attached hydrogen (secondary N) is 1. The molecule has 0 radical (unpaired) electrons. The highest BCUT2D eigenvalue weighted by Crippen LogP contribution is 2.17. The van der Waals surface area contributed by atoms with Gasteiger partial charge in [0.15, 0.2) is 5.60 Å². The predicted molar refractivity (Wildman–Crippen MR) is 63.4 cm³/mol. The smallest absolute Gasteiger partial charge is 0.337 e. The van der Waals surface area contributed by atoms with Crippen LogP contribution in [0.2, 0.25) is 0 Å². The summed E-state index contributed by atoms with van der Waals surface area (Å²) in [4.78, 5) is 14.7. The van der Waals surface area contributed by atoms with E-state index >= 15 is 0 Å². The van der Waals surface area contributed by atoms with E-state index in [9.17, 15) is 9.90 Å². The average molecular weight is 289 g/mol. The van der Waals surface area contributed by atoms with E-state index < -0.39 is 11.6 Å². The summed E-state index contributed by atoms with van der Waals surface area (Å²) in [5.41, 5.74) is -0.933. The summed E-state index contributed by atoms with van der Waals surface area (Å²) < 4.78 is 0.848. The molecule has 0 aliphatic heterocycles. The maximum Gasteiger partial charge on any atom is 0.337 e. The van der Waals surface area contributed by atoms with Crippen molar-refractivity contribution in [2.75, 3.05) is 11.9 Å². The molecule has 0 aliphatic carbocycles. The third-order valence-electron chi connectivity index (χ3n) is 2.11. The van der Waals surface area contributed by atoms with Crippen LogP contribution in [0.15, 0.2) is 16.7 Å². The van der Waals surface area contributed by atoms with Crippen molar-refractivity contribution >= 4 is 27.7 Å². The van der Waals surface area contributed by atoms with Crippen molar-refractivity contribution in [3.8, 4) is 0 Å². The fraction of sp³-hybridized carbons (Fsp3) is 0.400. The summed E-state index contributed by atoms with van der Waals surface area (Å²) in [6.45, 7) is 2.98. The molecule has 5 nitrogen and oxygen atoms in total. The molecule has 1 aromatic rings. The van der Waals surface area contributed by atoms with Gasteiger partial charge in [0.25, 0.3) is 0 Å². The monoisotopic (exact) mass is 288 g/mol. The molecule has 0 aromatic carbocycles. The van der Waals surface area contributed by atoms with Gasteiger partial charge in [-0.1, -0.05) is 0 Å². The number of pyridine rings is 1. The maximum atomic E-state index is 10.7. The number of aliphatic carboxylic acids is 1. The molecule has 0 saturated carbocycles. The minimum absolute atomic E-state index is 0.0994. The van der Waals surface area contributed by atoms with Gasteiger partial charge >= 0.3 is 5.97 Å². The molecule has 1 atom stereocenters. The highest BCUT2D eigenvalue weighted by atomic mass is 79.9. The number of halogens is 1. The van der Waals surface area contributed by atoms with E-state index in [1.807, 2.05) is 13.0 Å². The Morgan fingerprint density at radius 3 is 2.81 bits per heavy atom. The van der Waals surface area contributed by atoms with Crippen molar-refractivity contribution in [2.24, 2.45) is 0 Å². The van der Waals surface area contributed by atoms with Crippen LogP contribution < -0.4 is 5.32 Å². The van der Waals surface area contributed by atoms with Gasteiger partial charge in [0, 0.05) is 10.7 Å². The number of aliphatic hydroxyl groups is 1. The molecule has 0 bridgehead atoms. The van der Waals surface area contributed by atoms with E-state index in [4.69, 9.17) is 5.11 Å². The van der Waals surface area contributed by atoms with Crippen LogP contribution in [0.4, 0.5) is 5.82 Å². The average Bonchev–Trinajstić information content (AvgIpc) is 2.16. The van der Waals surface area contributed by atoms with Crippen LogP contribution in [0.5, 0.6) is 0 Å². The Kier molecular flexibility index (Phi) is 3.88. The molecule has 1 unspecified atom stereocenters. The van der Waals surface area contributed by atoms with E-state index in [-0.39, 0.29) is 6.54 Å². The van der Waals surface area contributed by atoms with Crippen LogP contribution in [0.25, 0.3) is 0 Å². The fourth-order valence-electron chi connectivity index (χ4n) is 1.06. The SMILES string of the molecule is Cc1cc(Br)cnc1NCC(C)(O)C(=O)O. The molecule has 6 heteroatoms. The first-order valence-electron chi connectivity index (χ1n) is 4.65. The van der Waals surface area contributed by atoms with Crippen molar-refractivity contribution in [2.45, 2.75) is 19.4 Å². The van der Waals surface area contributed by atoms with Crippen molar-refractivity contribution < 1.29 is 15.0 Å². The van der Waals surface area contributed by atoms with Gasteiger partial charge in [0.05, 0.1) is 6.54 Å². The van der Waals surface area contributed by atoms with Crippen LogP contribution in [0.3, 0.4) is 0 Å². The van der Waals surface area contributed by atoms with Crippen LogP contribution in [0, 0.1) is 6.92 Å². The maximum absolute atomic E-state index is 10.7. The number of carboxylic acid groups (broad SMARTS) is 1. The first-order chi connectivity index (χ1) is 7.33. The normalized spacial score (nSPS) is 14.2. The third kappa shape index (κ3) is 3.18. The van der Waals surface area contributed by atoms with E-state index in [1.54, 1.807) is 6.20 Å². The van der Waals surface area contributed by atoms with Crippen molar-refractivity contribution in [3.05, 3.63) is 22.3 Å². The first-order valence-corrected chi connectivity index (χ1v) is 5.44. The lowest BCUT2D eigenvalue weighted by Crippen LogP contribution is -2.42. The van der Waals surface area contributed by atoms with Crippen LogP contribution in [-0.4, -0.2) is 33.3 Å². The number of nitrogens with zero attached hydrogens (tertiary/aromatic N) is 1. The lowest BCUT2D eigenvalue weighted by Gasteiger charge is -2.19. The Balaban J connectivity index is 2.72. The third-order valence-corrected chi connectivity index (χ3v) is 2.54. The van der Waals surface area contributed by atoms with Gasteiger partial charge < -0.3 is 15.5 Å². The summed E-state index contributed by atoms with van der Waals surface area (Å²) >= 11 is 3.28. The number of aromatic nitrogens is 1. The Hall–Kier alpha value is -1.14. The highest BCUT2D eigenvalue weighted by Gasteiger charge is 2.29. The second kappa shape index (κ2) is 4.80.